The normalized spacial score (nSPS) is 32.4. The SMILES string of the molecule is C[C@@H](NC1CCCCC1C#N)C1CCCCCC1. The maximum Gasteiger partial charge on any atom is 0.0672 e. The van der Waals surface area contributed by atoms with Crippen LogP contribution in [0.5, 0.6) is 0 Å². The van der Waals surface area contributed by atoms with Crippen LogP contribution in [0.3, 0.4) is 0 Å². The second-order valence-corrected chi connectivity index (χ2v) is 6.33. The molecular weight excluding hydrogens is 220 g/mol. The molecule has 0 aromatic heterocycles. The molecular formula is C16H28N2. The van der Waals surface area contributed by atoms with E-state index in [1.807, 2.05) is 0 Å². The quantitative estimate of drug-likeness (QED) is 0.766. The Morgan fingerprint density at radius 1 is 0.944 bits per heavy atom. The number of hydrogen-bond acceptors (Lipinski definition) is 2. The van der Waals surface area contributed by atoms with E-state index in [2.05, 4.69) is 18.3 Å². The molecule has 0 aromatic rings. The van der Waals surface area contributed by atoms with Crippen molar-refractivity contribution in [3.8, 4) is 6.07 Å². The van der Waals surface area contributed by atoms with Gasteiger partial charge in [-0.05, 0) is 38.5 Å². The molecule has 0 heterocycles. The molecule has 0 spiro atoms. The van der Waals surface area contributed by atoms with Crippen molar-refractivity contribution < 1.29 is 0 Å². The van der Waals surface area contributed by atoms with E-state index in [-0.39, 0.29) is 5.92 Å². The Bertz CT molecular complexity index is 273. The molecule has 2 aliphatic rings. The van der Waals surface area contributed by atoms with Crippen molar-refractivity contribution in [2.45, 2.75) is 83.2 Å². The number of hydrogen-bond donors (Lipinski definition) is 1. The highest BCUT2D eigenvalue weighted by Gasteiger charge is 2.28. The number of nitrogens with one attached hydrogen (secondary N) is 1. The minimum Gasteiger partial charge on any atom is -0.310 e. The third-order valence-electron chi connectivity index (χ3n) is 5.02. The van der Waals surface area contributed by atoms with E-state index in [9.17, 15) is 5.26 Å². The van der Waals surface area contributed by atoms with Gasteiger partial charge in [-0.3, -0.25) is 0 Å². The molecule has 2 nitrogen and oxygen atoms in total. The van der Waals surface area contributed by atoms with Crippen LogP contribution in [-0.2, 0) is 0 Å². The highest BCUT2D eigenvalue weighted by atomic mass is 15.0. The maximum atomic E-state index is 9.24. The fourth-order valence-corrected chi connectivity index (χ4v) is 3.77. The molecule has 1 N–H and O–H groups in total. The molecule has 0 amide bonds. The van der Waals surface area contributed by atoms with Crippen LogP contribution >= 0.6 is 0 Å². The Morgan fingerprint density at radius 2 is 1.56 bits per heavy atom. The van der Waals surface area contributed by atoms with Crippen molar-refractivity contribution in [3.63, 3.8) is 0 Å². The van der Waals surface area contributed by atoms with Gasteiger partial charge in [0.05, 0.1) is 12.0 Å². The highest BCUT2D eigenvalue weighted by Crippen LogP contribution is 2.28. The van der Waals surface area contributed by atoms with E-state index in [4.69, 9.17) is 0 Å². The van der Waals surface area contributed by atoms with Gasteiger partial charge in [0.25, 0.3) is 0 Å². The summed E-state index contributed by atoms with van der Waals surface area (Å²) in [5.41, 5.74) is 0. The first-order valence-electron chi connectivity index (χ1n) is 7.97. The molecule has 0 aliphatic heterocycles. The summed E-state index contributed by atoms with van der Waals surface area (Å²) < 4.78 is 0. The molecule has 0 radical (unpaired) electrons. The average Bonchev–Trinajstić information content (AvgIpc) is 2.68. The van der Waals surface area contributed by atoms with E-state index >= 15 is 0 Å². The van der Waals surface area contributed by atoms with Crippen molar-refractivity contribution in [3.05, 3.63) is 0 Å². The van der Waals surface area contributed by atoms with Crippen LogP contribution in [0.15, 0.2) is 0 Å². The Kier molecular flexibility index (Phi) is 5.50. The van der Waals surface area contributed by atoms with Gasteiger partial charge in [-0.25, -0.2) is 0 Å². The first-order valence-corrected chi connectivity index (χ1v) is 7.97. The van der Waals surface area contributed by atoms with Crippen molar-refractivity contribution in [2.24, 2.45) is 11.8 Å². The second kappa shape index (κ2) is 7.14. The molecule has 3 atom stereocenters. The third-order valence-corrected chi connectivity index (χ3v) is 5.02. The summed E-state index contributed by atoms with van der Waals surface area (Å²) in [4.78, 5) is 0. The molecule has 0 aromatic carbocycles. The smallest absolute Gasteiger partial charge is 0.0672 e. The fourth-order valence-electron chi connectivity index (χ4n) is 3.77. The standard InChI is InChI=1S/C16H28N2/c1-13(14-8-4-2-3-5-9-14)18-16-11-7-6-10-15(16)12-17/h13-16,18H,2-11H2,1H3/t13-,15?,16?/m1/s1. The van der Waals surface area contributed by atoms with Crippen LogP contribution in [0.1, 0.15) is 71.1 Å². The van der Waals surface area contributed by atoms with E-state index < -0.39 is 0 Å². The Labute approximate surface area is 112 Å². The molecule has 2 fully saturated rings. The second-order valence-electron chi connectivity index (χ2n) is 6.33. The minimum atomic E-state index is 0.256. The van der Waals surface area contributed by atoms with Gasteiger partial charge in [-0.15, -0.1) is 0 Å². The van der Waals surface area contributed by atoms with Crippen LogP contribution < -0.4 is 5.32 Å². The molecule has 2 saturated carbocycles. The molecule has 2 heteroatoms. The lowest BCUT2D eigenvalue weighted by molar-refractivity contribution is 0.244. The van der Waals surface area contributed by atoms with E-state index in [0.717, 1.165) is 12.3 Å². The average molecular weight is 248 g/mol. The number of nitriles is 1. The molecule has 18 heavy (non-hydrogen) atoms. The lowest BCUT2D eigenvalue weighted by Gasteiger charge is -2.33. The lowest BCUT2D eigenvalue weighted by Crippen LogP contribution is -2.45. The van der Waals surface area contributed by atoms with Crippen molar-refractivity contribution in [1.82, 2.24) is 5.32 Å². The molecule has 2 unspecified atom stereocenters. The predicted molar refractivity (Wildman–Crippen MR) is 75.1 cm³/mol. The van der Waals surface area contributed by atoms with Gasteiger partial charge in [-0.2, -0.15) is 5.26 Å². The van der Waals surface area contributed by atoms with E-state index in [1.54, 1.807) is 0 Å². The zero-order valence-corrected chi connectivity index (χ0v) is 11.8. The van der Waals surface area contributed by atoms with Crippen molar-refractivity contribution in [1.29, 1.82) is 5.26 Å². The van der Waals surface area contributed by atoms with E-state index in [0.29, 0.717) is 12.1 Å². The summed E-state index contributed by atoms with van der Waals surface area (Å²) in [5.74, 6) is 1.10. The van der Waals surface area contributed by atoms with Crippen LogP contribution in [0.2, 0.25) is 0 Å². The predicted octanol–water partition coefficient (Wildman–Crippen LogP) is 4.02. The highest BCUT2D eigenvalue weighted by molar-refractivity contribution is 4.96. The van der Waals surface area contributed by atoms with Crippen LogP contribution in [0.25, 0.3) is 0 Å². The van der Waals surface area contributed by atoms with Gasteiger partial charge >= 0.3 is 0 Å². The third kappa shape index (κ3) is 3.72. The van der Waals surface area contributed by atoms with Crippen LogP contribution in [0, 0.1) is 23.2 Å². The number of rotatable bonds is 3. The summed E-state index contributed by atoms with van der Waals surface area (Å²) in [5, 5.41) is 13.0. The van der Waals surface area contributed by atoms with Crippen LogP contribution in [-0.4, -0.2) is 12.1 Å². The van der Waals surface area contributed by atoms with E-state index in [1.165, 1.54) is 57.8 Å². The summed E-state index contributed by atoms with van der Waals surface area (Å²) in [6, 6.07) is 3.57. The summed E-state index contributed by atoms with van der Waals surface area (Å²) in [6.07, 6.45) is 13.3. The zero-order chi connectivity index (χ0) is 12.8. The Balaban J connectivity index is 1.84. The van der Waals surface area contributed by atoms with Crippen molar-refractivity contribution >= 4 is 0 Å². The molecule has 102 valence electrons. The lowest BCUT2D eigenvalue weighted by atomic mass is 9.83. The molecule has 2 rings (SSSR count). The largest absolute Gasteiger partial charge is 0.310 e. The van der Waals surface area contributed by atoms with Crippen LogP contribution in [0.4, 0.5) is 0 Å². The fraction of sp³-hybridized carbons (Fsp3) is 0.938. The minimum absolute atomic E-state index is 0.256. The van der Waals surface area contributed by atoms with Gasteiger partial charge in [0.1, 0.15) is 0 Å². The summed E-state index contributed by atoms with van der Waals surface area (Å²) in [6.45, 7) is 2.35. The van der Waals surface area contributed by atoms with Gasteiger partial charge in [0.15, 0.2) is 0 Å². The summed E-state index contributed by atoms with van der Waals surface area (Å²) in [7, 11) is 0. The molecule has 2 aliphatic carbocycles. The number of nitrogens with zero attached hydrogens (tertiary/aromatic N) is 1. The van der Waals surface area contributed by atoms with Crippen molar-refractivity contribution in [2.75, 3.05) is 0 Å². The molecule has 0 bridgehead atoms. The summed E-state index contributed by atoms with van der Waals surface area (Å²) >= 11 is 0. The zero-order valence-electron chi connectivity index (χ0n) is 11.8. The first kappa shape index (κ1) is 13.9. The van der Waals surface area contributed by atoms with Gasteiger partial charge in [-0.1, -0.05) is 38.5 Å². The van der Waals surface area contributed by atoms with Gasteiger partial charge in [0.2, 0.25) is 0 Å². The Hall–Kier alpha value is -0.550. The maximum absolute atomic E-state index is 9.24. The van der Waals surface area contributed by atoms with Gasteiger partial charge < -0.3 is 5.32 Å². The topological polar surface area (TPSA) is 35.8 Å². The van der Waals surface area contributed by atoms with Gasteiger partial charge in [0, 0.05) is 12.1 Å². The monoisotopic (exact) mass is 248 g/mol. The molecule has 0 saturated heterocycles. The Morgan fingerprint density at radius 3 is 2.22 bits per heavy atom. The first-order chi connectivity index (χ1) is 8.81.